The first kappa shape index (κ1) is 17.8. The van der Waals surface area contributed by atoms with Crippen LogP contribution in [0.2, 0.25) is 0 Å². The number of hydrogen-bond acceptors (Lipinski definition) is 5. The van der Waals surface area contributed by atoms with Crippen molar-refractivity contribution in [1.82, 2.24) is 14.8 Å². The van der Waals surface area contributed by atoms with E-state index in [1.54, 1.807) is 6.33 Å². The predicted octanol–water partition coefficient (Wildman–Crippen LogP) is 3.78. The molecule has 1 atom stereocenters. The van der Waals surface area contributed by atoms with Crippen molar-refractivity contribution in [2.75, 3.05) is 23.3 Å². The van der Waals surface area contributed by atoms with Gasteiger partial charge in [-0.1, -0.05) is 26.0 Å². The summed E-state index contributed by atoms with van der Waals surface area (Å²) in [5, 5.41) is 7.77. The van der Waals surface area contributed by atoms with Gasteiger partial charge in [0.25, 0.3) is 0 Å². The smallest absolute Gasteiger partial charge is 0.226 e. The summed E-state index contributed by atoms with van der Waals surface area (Å²) < 4.78 is 1.83. The summed E-state index contributed by atoms with van der Waals surface area (Å²) in [4.78, 5) is 19.7. The van der Waals surface area contributed by atoms with Crippen molar-refractivity contribution in [1.29, 1.82) is 0 Å². The van der Waals surface area contributed by atoms with E-state index in [9.17, 15) is 4.79 Å². The molecular formula is C21H27N5O. The molecule has 0 spiro atoms. The zero-order valence-corrected chi connectivity index (χ0v) is 16.5. The second-order valence-electron chi connectivity index (χ2n) is 8.15. The van der Waals surface area contributed by atoms with E-state index in [0.29, 0.717) is 12.4 Å². The lowest BCUT2D eigenvalue weighted by molar-refractivity contribution is -0.118. The van der Waals surface area contributed by atoms with E-state index in [1.165, 1.54) is 5.69 Å². The molecule has 4 rings (SSSR count). The first-order chi connectivity index (χ1) is 12.9. The highest BCUT2D eigenvalue weighted by atomic mass is 16.1. The molecule has 0 amide bonds. The van der Waals surface area contributed by atoms with Crippen molar-refractivity contribution >= 4 is 17.4 Å². The van der Waals surface area contributed by atoms with Crippen LogP contribution in [0.3, 0.4) is 0 Å². The Labute approximate surface area is 160 Å². The normalized spacial score (nSPS) is 20.7. The van der Waals surface area contributed by atoms with Crippen molar-refractivity contribution in [2.24, 2.45) is 5.41 Å². The number of carbonyl (C=O) groups excluding carboxylic acids is 1. The average molecular weight is 365 g/mol. The number of carbonyl (C=O) groups is 1. The fraction of sp³-hybridized carbons (Fsp3) is 0.476. The third kappa shape index (κ3) is 3.03. The van der Waals surface area contributed by atoms with Gasteiger partial charge in [-0.2, -0.15) is 10.1 Å². The second kappa shape index (κ2) is 6.51. The highest BCUT2D eigenvalue weighted by molar-refractivity contribution is 6.00. The predicted molar refractivity (Wildman–Crippen MR) is 107 cm³/mol. The molecule has 142 valence electrons. The number of ketones is 1. The van der Waals surface area contributed by atoms with Crippen molar-refractivity contribution in [3.05, 3.63) is 47.4 Å². The molecule has 1 aliphatic carbocycles. The Kier molecular flexibility index (Phi) is 4.29. The number of Topliss-reactive ketones (excluding diaryl/α,β-unsaturated/α-hetero) is 1. The molecule has 1 unspecified atom stereocenters. The van der Waals surface area contributed by atoms with Crippen molar-refractivity contribution in [3.8, 4) is 0 Å². The summed E-state index contributed by atoms with van der Waals surface area (Å²) in [6.45, 7) is 10.5. The van der Waals surface area contributed by atoms with E-state index >= 15 is 0 Å². The fourth-order valence-corrected chi connectivity index (χ4v) is 4.31. The Bertz CT molecular complexity index is 890. The molecule has 1 aliphatic heterocycles. The number of hydrogen-bond donors (Lipinski definition) is 1. The molecule has 0 fully saturated rings. The van der Waals surface area contributed by atoms with Crippen LogP contribution in [-0.4, -0.2) is 33.6 Å². The molecular weight excluding hydrogens is 338 g/mol. The molecule has 2 heterocycles. The summed E-state index contributed by atoms with van der Waals surface area (Å²) in [5.41, 5.74) is 4.06. The van der Waals surface area contributed by atoms with Gasteiger partial charge in [-0.05, 0) is 43.4 Å². The second-order valence-corrected chi connectivity index (χ2v) is 8.15. The summed E-state index contributed by atoms with van der Waals surface area (Å²) in [7, 11) is 0. The minimum absolute atomic E-state index is 0.0394. The first-order valence-corrected chi connectivity index (χ1v) is 9.71. The SMILES string of the molecule is CCN(CC)c1ccc(C2C3=C(CC(C)(C)CC3=O)Nc3ncnn32)cc1. The molecule has 1 aromatic heterocycles. The molecule has 2 aromatic rings. The van der Waals surface area contributed by atoms with Gasteiger partial charge in [-0.3, -0.25) is 4.79 Å². The van der Waals surface area contributed by atoms with Crippen molar-refractivity contribution in [3.63, 3.8) is 0 Å². The van der Waals surface area contributed by atoms with E-state index in [4.69, 9.17) is 0 Å². The van der Waals surface area contributed by atoms with Crippen LogP contribution >= 0.6 is 0 Å². The van der Waals surface area contributed by atoms with E-state index < -0.39 is 0 Å². The topological polar surface area (TPSA) is 63.1 Å². The van der Waals surface area contributed by atoms with E-state index in [0.717, 1.165) is 36.3 Å². The van der Waals surface area contributed by atoms with Gasteiger partial charge in [0, 0.05) is 36.5 Å². The zero-order chi connectivity index (χ0) is 19.2. The molecule has 1 N–H and O–H groups in total. The third-order valence-electron chi connectivity index (χ3n) is 5.61. The highest BCUT2D eigenvalue weighted by Gasteiger charge is 2.41. The summed E-state index contributed by atoms with van der Waals surface area (Å²) in [5.74, 6) is 0.907. The van der Waals surface area contributed by atoms with Crippen LogP contribution in [0.5, 0.6) is 0 Å². The maximum Gasteiger partial charge on any atom is 0.226 e. The largest absolute Gasteiger partial charge is 0.372 e. The Balaban J connectivity index is 1.78. The van der Waals surface area contributed by atoms with Crippen molar-refractivity contribution < 1.29 is 4.79 Å². The zero-order valence-electron chi connectivity index (χ0n) is 16.5. The quantitative estimate of drug-likeness (QED) is 0.893. The summed E-state index contributed by atoms with van der Waals surface area (Å²) >= 11 is 0. The number of rotatable bonds is 4. The minimum atomic E-state index is -0.215. The molecule has 0 bridgehead atoms. The molecule has 27 heavy (non-hydrogen) atoms. The van der Waals surface area contributed by atoms with Gasteiger partial charge in [0.1, 0.15) is 12.4 Å². The molecule has 0 saturated heterocycles. The molecule has 6 heteroatoms. The van der Waals surface area contributed by atoms with Crippen molar-refractivity contribution in [2.45, 2.75) is 46.6 Å². The number of benzene rings is 1. The third-order valence-corrected chi connectivity index (χ3v) is 5.61. The van der Waals surface area contributed by atoms with Gasteiger partial charge >= 0.3 is 0 Å². The number of nitrogens with one attached hydrogen (secondary N) is 1. The van der Waals surface area contributed by atoms with Gasteiger partial charge < -0.3 is 10.2 Å². The maximum absolute atomic E-state index is 13.1. The van der Waals surface area contributed by atoms with Gasteiger partial charge in [0.15, 0.2) is 5.78 Å². The highest BCUT2D eigenvalue weighted by Crippen LogP contribution is 2.45. The Hall–Kier alpha value is -2.63. The Morgan fingerprint density at radius 2 is 1.89 bits per heavy atom. The van der Waals surface area contributed by atoms with Crippen LogP contribution in [0.1, 0.15) is 52.1 Å². The number of anilines is 2. The first-order valence-electron chi connectivity index (χ1n) is 9.71. The fourth-order valence-electron chi connectivity index (χ4n) is 4.31. The Morgan fingerprint density at radius 3 is 2.56 bits per heavy atom. The molecule has 0 saturated carbocycles. The van der Waals surface area contributed by atoms with Crippen LogP contribution < -0.4 is 10.2 Å². The van der Waals surface area contributed by atoms with Gasteiger partial charge in [0.2, 0.25) is 5.95 Å². The van der Waals surface area contributed by atoms with Gasteiger partial charge in [0.05, 0.1) is 0 Å². The summed E-state index contributed by atoms with van der Waals surface area (Å²) in [6.07, 6.45) is 2.95. The van der Waals surface area contributed by atoms with Crippen LogP contribution in [0.25, 0.3) is 0 Å². The minimum Gasteiger partial charge on any atom is -0.372 e. The van der Waals surface area contributed by atoms with E-state index in [2.05, 4.69) is 72.3 Å². The lowest BCUT2D eigenvalue weighted by Crippen LogP contribution is -2.36. The number of nitrogens with zero attached hydrogens (tertiary/aromatic N) is 4. The molecule has 2 aliphatic rings. The van der Waals surface area contributed by atoms with Crippen LogP contribution in [0, 0.1) is 5.41 Å². The standard InChI is InChI=1S/C21H27N5O/c1-5-25(6-2)15-9-7-14(8-10-15)19-18-16(11-21(3,4)12-17(18)27)24-20-22-13-23-26(19)20/h7-10,13,19H,5-6,11-12H2,1-4H3,(H,22,23,24). The number of allylic oxidation sites excluding steroid dienone is 2. The number of aromatic nitrogens is 3. The number of fused-ring (bicyclic) bond motifs is 1. The van der Waals surface area contributed by atoms with Crippen LogP contribution in [-0.2, 0) is 4.79 Å². The molecule has 0 radical (unpaired) electrons. The lowest BCUT2D eigenvalue weighted by Gasteiger charge is -2.38. The van der Waals surface area contributed by atoms with E-state index in [1.807, 2.05) is 4.68 Å². The lowest BCUT2D eigenvalue weighted by atomic mass is 9.73. The van der Waals surface area contributed by atoms with E-state index in [-0.39, 0.29) is 17.2 Å². The molecule has 1 aromatic carbocycles. The van der Waals surface area contributed by atoms with Gasteiger partial charge in [-0.15, -0.1) is 0 Å². The Morgan fingerprint density at radius 1 is 1.19 bits per heavy atom. The summed E-state index contributed by atoms with van der Waals surface area (Å²) in [6, 6.07) is 8.30. The van der Waals surface area contributed by atoms with Gasteiger partial charge in [-0.25, -0.2) is 4.68 Å². The monoisotopic (exact) mass is 365 g/mol. The van der Waals surface area contributed by atoms with Crippen LogP contribution in [0.4, 0.5) is 11.6 Å². The average Bonchev–Trinajstić information content (AvgIpc) is 3.08. The maximum atomic E-state index is 13.1. The van der Waals surface area contributed by atoms with Crippen LogP contribution in [0.15, 0.2) is 41.9 Å². The molecule has 6 nitrogen and oxygen atoms in total.